The smallest absolute Gasteiger partial charge is 0.263 e. The van der Waals surface area contributed by atoms with Crippen LogP contribution >= 0.6 is 0 Å². The molecule has 0 spiro atoms. The molecule has 4 heteroatoms. The van der Waals surface area contributed by atoms with Crippen molar-refractivity contribution >= 4 is 11.0 Å². The topological polar surface area (TPSA) is 50.7 Å². The number of aromatic nitrogens is 3. The molecule has 2 heterocycles. The highest BCUT2D eigenvalue weighted by Crippen LogP contribution is 2.19. The summed E-state index contributed by atoms with van der Waals surface area (Å²) in [5, 5.41) is 0.644. The van der Waals surface area contributed by atoms with Gasteiger partial charge in [0.05, 0.1) is 5.39 Å². The van der Waals surface area contributed by atoms with Crippen LogP contribution < -0.4 is 5.56 Å². The fourth-order valence-corrected chi connectivity index (χ4v) is 3.13. The zero-order valence-electron chi connectivity index (χ0n) is 14.1. The van der Waals surface area contributed by atoms with Crippen LogP contribution in [0.4, 0.5) is 0 Å². The Bertz CT molecular complexity index is 1060. The predicted molar refractivity (Wildman–Crippen MR) is 101 cm³/mol. The molecule has 0 atom stereocenters. The molecule has 2 aromatic carbocycles. The molecule has 0 saturated heterocycles. The third kappa shape index (κ3) is 2.98. The highest BCUT2D eigenvalue weighted by molar-refractivity contribution is 5.77. The lowest BCUT2D eigenvalue weighted by Gasteiger charge is -2.12. The Kier molecular flexibility index (Phi) is 3.94. The molecule has 2 aromatic heterocycles. The van der Waals surface area contributed by atoms with Gasteiger partial charge in [0.25, 0.3) is 5.56 Å². The lowest BCUT2D eigenvalue weighted by molar-refractivity contribution is 0.671. The minimum atomic E-state index is 0.00383. The lowest BCUT2D eigenvalue weighted by atomic mass is 10.1. The summed E-state index contributed by atoms with van der Waals surface area (Å²) in [7, 11) is 0. The van der Waals surface area contributed by atoms with Crippen molar-refractivity contribution in [3.63, 3.8) is 0 Å². The quantitative estimate of drug-likeness (QED) is 0.616. The Morgan fingerprint density at radius 1 is 1.00 bits per heavy atom. The van der Waals surface area contributed by atoms with Crippen molar-refractivity contribution in [2.45, 2.75) is 19.9 Å². The van der Waals surface area contributed by atoms with E-state index in [1.165, 1.54) is 5.56 Å². The summed E-state index contributed by atoms with van der Waals surface area (Å²) < 4.78 is 1.79. The van der Waals surface area contributed by atoms with Crippen molar-refractivity contribution in [3.8, 4) is 11.4 Å². The first-order chi connectivity index (χ1) is 12.2. The molecule has 0 fully saturated rings. The van der Waals surface area contributed by atoms with Crippen LogP contribution in [0.5, 0.6) is 0 Å². The van der Waals surface area contributed by atoms with Gasteiger partial charge in [0.15, 0.2) is 0 Å². The number of H-pyrrole nitrogens is 1. The number of aromatic amines is 1. The normalized spacial score (nSPS) is 11.1. The molecule has 4 rings (SSSR count). The number of nitrogens with one attached hydrogen (secondary N) is 1. The molecule has 0 amide bonds. The van der Waals surface area contributed by atoms with Crippen LogP contribution in [0.25, 0.3) is 22.4 Å². The maximum absolute atomic E-state index is 13.1. The minimum Gasteiger partial charge on any atom is -0.343 e. The summed E-state index contributed by atoms with van der Waals surface area (Å²) in [5.41, 5.74) is 3.75. The average molecular weight is 329 g/mol. The van der Waals surface area contributed by atoms with Crippen molar-refractivity contribution in [1.82, 2.24) is 14.5 Å². The van der Waals surface area contributed by atoms with Gasteiger partial charge in [-0.1, -0.05) is 60.7 Å². The van der Waals surface area contributed by atoms with E-state index in [-0.39, 0.29) is 5.56 Å². The maximum Gasteiger partial charge on any atom is 0.263 e. The summed E-state index contributed by atoms with van der Waals surface area (Å²) in [4.78, 5) is 21.0. The third-order valence-electron chi connectivity index (χ3n) is 4.38. The van der Waals surface area contributed by atoms with Gasteiger partial charge in [0, 0.05) is 17.8 Å². The zero-order chi connectivity index (χ0) is 17.2. The number of nitrogens with zero attached hydrogens (tertiary/aromatic N) is 2. The summed E-state index contributed by atoms with van der Waals surface area (Å²) in [6, 6.07) is 22.0. The Labute approximate surface area is 145 Å². The third-order valence-corrected chi connectivity index (χ3v) is 4.38. The van der Waals surface area contributed by atoms with Crippen molar-refractivity contribution in [2.75, 3.05) is 0 Å². The second kappa shape index (κ2) is 6.40. The zero-order valence-corrected chi connectivity index (χ0v) is 14.1. The molecular weight excluding hydrogens is 310 g/mol. The van der Waals surface area contributed by atoms with Gasteiger partial charge in [-0.2, -0.15) is 0 Å². The number of hydrogen-bond donors (Lipinski definition) is 1. The van der Waals surface area contributed by atoms with Gasteiger partial charge in [-0.25, -0.2) is 4.98 Å². The number of hydrogen-bond acceptors (Lipinski definition) is 2. The van der Waals surface area contributed by atoms with Gasteiger partial charge in [-0.05, 0) is 25.0 Å². The summed E-state index contributed by atoms with van der Waals surface area (Å²) in [5.74, 6) is 0.705. The molecule has 0 unspecified atom stereocenters. The van der Waals surface area contributed by atoms with E-state index in [9.17, 15) is 4.79 Å². The molecule has 0 aliphatic carbocycles. The van der Waals surface area contributed by atoms with E-state index in [2.05, 4.69) is 17.1 Å². The molecule has 124 valence electrons. The molecule has 0 aliphatic heterocycles. The predicted octanol–water partition coefficient (Wildman–Crippen LogP) is 3.94. The van der Waals surface area contributed by atoms with E-state index >= 15 is 0 Å². The second-order valence-corrected chi connectivity index (χ2v) is 6.21. The van der Waals surface area contributed by atoms with E-state index in [0.29, 0.717) is 23.4 Å². The first-order valence-corrected chi connectivity index (χ1v) is 8.42. The standard InChI is InChI=1S/C21H19N3O/c1-15-14-18-19(22-15)23-20(17-10-6-3-7-11-17)24(21(18)25)13-12-16-8-4-2-5-9-16/h2-11,14,22H,12-13H2,1H3. The van der Waals surface area contributed by atoms with E-state index in [1.807, 2.05) is 61.5 Å². The molecule has 0 saturated carbocycles. The van der Waals surface area contributed by atoms with Gasteiger partial charge < -0.3 is 4.98 Å². The summed E-state index contributed by atoms with van der Waals surface area (Å²) in [6.07, 6.45) is 0.789. The van der Waals surface area contributed by atoms with Crippen molar-refractivity contribution in [1.29, 1.82) is 0 Å². The van der Waals surface area contributed by atoms with Crippen LogP contribution in [0.15, 0.2) is 71.5 Å². The highest BCUT2D eigenvalue weighted by atomic mass is 16.1. The van der Waals surface area contributed by atoms with Gasteiger partial charge in [0.2, 0.25) is 0 Å². The lowest BCUT2D eigenvalue weighted by Crippen LogP contribution is -2.24. The van der Waals surface area contributed by atoms with Gasteiger partial charge in [-0.3, -0.25) is 9.36 Å². The average Bonchev–Trinajstić information content (AvgIpc) is 3.03. The van der Waals surface area contributed by atoms with Crippen LogP contribution in [-0.2, 0) is 13.0 Å². The molecule has 1 N–H and O–H groups in total. The van der Waals surface area contributed by atoms with Crippen LogP contribution in [0.2, 0.25) is 0 Å². The van der Waals surface area contributed by atoms with E-state index < -0.39 is 0 Å². The van der Waals surface area contributed by atoms with Crippen LogP contribution in [0, 0.1) is 6.92 Å². The molecule has 0 radical (unpaired) electrons. The molecule has 0 aliphatic rings. The van der Waals surface area contributed by atoms with E-state index in [4.69, 9.17) is 4.98 Å². The van der Waals surface area contributed by atoms with Gasteiger partial charge >= 0.3 is 0 Å². The molecule has 0 bridgehead atoms. The van der Waals surface area contributed by atoms with Gasteiger partial charge in [0.1, 0.15) is 11.5 Å². The Balaban J connectivity index is 1.85. The van der Waals surface area contributed by atoms with E-state index in [0.717, 1.165) is 17.7 Å². The van der Waals surface area contributed by atoms with E-state index in [1.54, 1.807) is 4.57 Å². The molecular formula is C21H19N3O. The van der Waals surface area contributed by atoms with Crippen molar-refractivity contribution < 1.29 is 0 Å². The largest absolute Gasteiger partial charge is 0.343 e. The maximum atomic E-state index is 13.1. The SMILES string of the molecule is Cc1cc2c(=O)n(CCc3ccccc3)c(-c3ccccc3)nc2[nH]1. The fourth-order valence-electron chi connectivity index (χ4n) is 3.13. The molecule has 4 aromatic rings. The van der Waals surface area contributed by atoms with Crippen LogP contribution in [-0.4, -0.2) is 14.5 Å². The highest BCUT2D eigenvalue weighted by Gasteiger charge is 2.14. The fraction of sp³-hybridized carbons (Fsp3) is 0.143. The van der Waals surface area contributed by atoms with Crippen LogP contribution in [0.1, 0.15) is 11.3 Å². The number of benzene rings is 2. The first-order valence-electron chi connectivity index (χ1n) is 8.42. The Morgan fingerprint density at radius 3 is 2.40 bits per heavy atom. The Morgan fingerprint density at radius 2 is 1.68 bits per heavy atom. The van der Waals surface area contributed by atoms with Gasteiger partial charge in [-0.15, -0.1) is 0 Å². The van der Waals surface area contributed by atoms with Crippen molar-refractivity contribution in [3.05, 3.63) is 88.3 Å². The molecule has 4 nitrogen and oxygen atoms in total. The first kappa shape index (κ1) is 15.4. The summed E-state index contributed by atoms with van der Waals surface area (Å²) in [6.45, 7) is 2.54. The monoisotopic (exact) mass is 329 g/mol. The number of rotatable bonds is 4. The second-order valence-electron chi connectivity index (χ2n) is 6.21. The number of fused-ring (bicyclic) bond motifs is 1. The van der Waals surface area contributed by atoms with Crippen LogP contribution in [0.3, 0.4) is 0 Å². The summed E-state index contributed by atoms with van der Waals surface area (Å²) >= 11 is 0. The minimum absolute atomic E-state index is 0.00383. The number of aryl methyl sites for hydroxylation is 2. The van der Waals surface area contributed by atoms with Crippen molar-refractivity contribution in [2.24, 2.45) is 0 Å². The Hall–Kier alpha value is -3.14. The molecule has 25 heavy (non-hydrogen) atoms.